The van der Waals surface area contributed by atoms with Crippen LogP contribution in [0.25, 0.3) is 16.6 Å². The van der Waals surface area contributed by atoms with Crippen molar-refractivity contribution in [1.82, 2.24) is 9.55 Å². The summed E-state index contributed by atoms with van der Waals surface area (Å²) in [6, 6.07) is 17.7. The Morgan fingerprint density at radius 1 is 1.00 bits per heavy atom. The van der Waals surface area contributed by atoms with Gasteiger partial charge in [-0.3, -0.25) is 9.78 Å². The van der Waals surface area contributed by atoms with Gasteiger partial charge in [-0.15, -0.1) is 0 Å². The van der Waals surface area contributed by atoms with Crippen molar-refractivity contribution in [2.75, 3.05) is 6.61 Å². The van der Waals surface area contributed by atoms with Crippen LogP contribution in [0.4, 0.5) is 0 Å². The highest BCUT2D eigenvalue weighted by atomic mass is 16.5. The predicted molar refractivity (Wildman–Crippen MR) is 128 cm³/mol. The van der Waals surface area contributed by atoms with Crippen LogP contribution in [0.15, 0.2) is 54.6 Å². The van der Waals surface area contributed by atoms with Gasteiger partial charge in [-0.25, -0.2) is 4.79 Å². The summed E-state index contributed by atoms with van der Waals surface area (Å²) in [4.78, 5) is 30.9. The van der Waals surface area contributed by atoms with Crippen LogP contribution in [0.2, 0.25) is 0 Å². The first-order valence-electron chi connectivity index (χ1n) is 11.3. The molecule has 0 aliphatic heterocycles. The molecule has 0 radical (unpaired) electrons. The molecular weight excluding hydrogens is 412 g/mol. The van der Waals surface area contributed by atoms with E-state index < -0.39 is 5.97 Å². The number of para-hydroxylation sites is 1. The number of carbonyl (C=O) groups is 2. The number of aryl methyl sites for hydroxylation is 3. The Hall–Kier alpha value is -3.73. The number of nitrogens with zero attached hydrogens (tertiary/aromatic N) is 2. The zero-order valence-corrected chi connectivity index (χ0v) is 19.1. The maximum atomic E-state index is 13.2. The SMILES string of the molecule is Cc1ccc(-n2c(C)cc(C(=O)COC(=O)c3c4c(nc5ccccc35)CCC4)c2C)cc1. The van der Waals surface area contributed by atoms with E-state index in [1.807, 2.05) is 63.2 Å². The van der Waals surface area contributed by atoms with Gasteiger partial charge >= 0.3 is 5.97 Å². The first-order valence-corrected chi connectivity index (χ1v) is 11.3. The average molecular weight is 439 g/mol. The minimum atomic E-state index is -0.451. The number of fused-ring (bicyclic) bond motifs is 2. The van der Waals surface area contributed by atoms with Crippen molar-refractivity contribution in [3.05, 3.63) is 93.9 Å². The summed E-state index contributed by atoms with van der Waals surface area (Å²) in [5.74, 6) is -0.655. The molecule has 0 bridgehead atoms. The van der Waals surface area contributed by atoms with Gasteiger partial charge in [0.15, 0.2) is 6.61 Å². The summed E-state index contributed by atoms with van der Waals surface area (Å²) in [5, 5.41) is 0.785. The Bertz CT molecular complexity index is 1400. The Balaban J connectivity index is 1.40. The van der Waals surface area contributed by atoms with Crippen molar-refractivity contribution in [1.29, 1.82) is 0 Å². The molecule has 1 aliphatic rings. The second kappa shape index (κ2) is 8.32. The smallest absolute Gasteiger partial charge is 0.339 e. The Morgan fingerprint density at radius 3 is 2.55 bits per heavy atom. The molecule has 4 aromatic rings. The van der Waals surface area contributed by atoms with Crippen LogP contribution in [0.1, 0.15) is 55.3 Å². The predicted octanol–water partition coefficient (Wildman–Crippen LogP) is 5.48. The number of benzene rings is 2. The summed E-state index contributed by atoms with van der Waals surface area (Å²) in [5.41, 5.74) is 7.84. The molecular formula is C28H26N2O3. The summed E-state index contributed by atoms with van der Waals surface area (Å²) < 4.78 is 7.63. The summed E-state index contributed by atoms with van der Waals surface area (Å²) in [6.45, 7) is 5.65. The van der Waals surface area contributed by atoms with E-state index in [2.05, 4.69) is 16.7 Å². The maximum Gasteiger partial charge on any atom is 0.339 e. The van der Waals surface area contributed by atoms with Crippen molar-refractivity contribution in [3.63, 3.8) is 0 Å². The van der Waals surface area contributed by atoms with Gasteiger partial charge in [-0.2, -0.15) is 0 Å². The van der Waals surface area contributed by atoms with Gasteiger partial charge in [-0.05, 0) is 69.9 Å². The van der Waals surface area contributed by atoms with Gasteiger partial charge in [0.05, 0.1) is 11.1 Å². The molecule has 0 N–H and O–H groups in total. The molecule has 5 rings (SSSR count). The van der Waals surface area contributed by atoms with E-state index >= 15 is 0 Å². The van der Waals surface area contributed by atoms with Crippen molar-refractivity contribution >= 4 is 22.7 Å². The zero-order chi connectivity index (χ0) is 23.1. The minimum Gasteiger partial charge on any atom is -0.454 e. The monoisotopic (exact) mass is 438 g/mol. The van der Waals surface area contributed by atoms with E-state index in [1.165, 1.54) is 5.56 Å². The molecule has 0 amide bonds. The van der Waals surface area contributed by atoms with E-state index in [-0.39, 0.29) is 12.4 Å². The summed E-state index contributed by atoms with van der Waals surface area (Å²) in [7, 11) is 0. The number of aromatic nitrogens is 2. The molecule has 2 aromatic carbocycles. The first-order chi connectivity index (χ1) is 15.9. The third-order valence-electron chi connectivity index (χ3n) is 6.48. The van der Waals surface area contributed by atoms with Crippen LogP contribution in [0.3, 0.4) is 0 Å². The topological polar surface area (TPSA) is 61.2 Å². The molecule has 2 aromatic heterocycles. The molecule has 5 nitrogen and oxygen atoms in total. The molecule has 0 unspecified atom stereocenters. The summed E-state index contributed by atoms with van der Waals surface area (Å²) in [6.07, 6.45) is 2.65. The number of ether oxygens (including phenoxy) is 1. The van der Waals surface area contributed by atoms with Crippen LogP contribution in [0.5, 0.6) is 0 Å². The minimum absolute atomic E-state index is 0.204. The number of ketones is 1. The summed E-state index contributed by atoms with van der Waals surface area (Å²) >= 11 is 0. The average Bonchev–Trinajstić information content (AvgIpc) is 3.39. The second-order valence-electron chi connectivity index (χ2n) is 8.74. The number of esters is 1. The van der Waals surface area contributed by atoms with Gasteiger partial charge in [0, 0.05) is 33.7 Å². The quantitative estimate of drug-likeness (QED) is 0.306. The largest absolute Gasteiger partial charge is 0.454 e. The molecule has 0 saturated carbocycles. The molecule has 0 saturated heterocycles. The van der Waals surface area contributed by atoms with E-state index in [9.17, 15) is 9.59 Å². The molecule has 5 heteroatoms. The van der Waals surface area contributed by atoms with E-state index in [0.29, 0.717) is 11.1 Å². The highest BCUT2D eigenvalue weighted by Crippen LogP contribution is 2.30. The van der Waals surface area contributed by atoms with Crippen LogP contribution in [-0.2, 0) is 17.6 Å². The van der Waals surface area contributed by atoms with Gasteiger partial charge in [0.1, 0.15) is 0 Å². The lowest BCUT2D eigenvalue weighted by molar-refractivity contribution is 0.0475. The number of carbonyl (C=O) groups excluding carboxylic acids is 2. The third-order valence-corrected chi connectivity index (χ3v) is 6.48. The Morgan fingerprint density at radius 2 is 1.76 bits per heavy atom. The van der Waals surface area contributed by atoms with Crippen LogP contribution in [-0.4, -0.2) is 27.9 Å². The highest BCUT2D eigenvalue weighted by Gasteiger charge is 2.26. The van der Waals surface area contributed by atoms with Crippen LogP contribution < -0.4 is 0 Å². The number of Topliss-reactive ketones (excluding diaryl/α,β-unsaturated/α-hetero) is 1. The fourth-order valence-corrected chi connectivity index (χ4v) is 4.86. The fourth-order valence-electron chi connectivity index (χ4n) is 4.86. The van der Waals surface area contributed by atoms with Crippen LogP contribution >= 0.6 is 0 Å². The lowest BCUT2D eigenvalue weighted by atomic mass is 10.0. The molecule has 0 spiro atoms. The Kier molecular flexibility index (Phi) is 5.33. The number of pyridine rings is 1. The lowest BCUT2D eigenvalue weighted by Gasteiger charge is -2.12. The van der Waals surface area contributed by atoms with Gasteiger partial charge in [0.25, 0.3) is 0 Å². The molecule has 0 fully saturated rings. The molecule has 166 valence electrons. The first kappa shape index (κ1) is 21.1. The molecule has 1 aliphatic carbocycles. The molecule has 2 heterocycles. The van der Waals surface area contributed by atoms with Gasteiger partial charge < -0.3 is 9.30 Å². The Labute approximate surface area is 193 Å². The third kappa shape index (κ3) is 3.74. The van der Waals surface area contributed by atoms with Crippen molar-refractivity contribution in [2.45, 2.75) is 40.0 Å². The number of rotatable bonds is 5. The van der Waals surface area contributed by atoms with E-state index in [1.54, 1.807) is 0 Å². The van der Waals surface area contributed by atoms with Gasteiger partial charge in [-0.1, -0.05) is 35.9 Å². The van der Waals surface area contributed by atoms with Crippen molar-refractivity contribution in [2.24, 2.45) is 0 Å². The molecule has 0 atom stereocenters. The highest BCUT2D eigenvalue weighted by molar-refractivity contribution is 6.07. The number of hydrogen-bond acceptors (Lipinski definition) is 4. The maximum absolute atomic E-state index is 13.2. The van der Waals surface area contributed by atoms with Crippen LogP contribution in [0, 0.1) is 20.8 Å². The zero-order valence-electron chi connectivity index (χ0n) is 19.1. The van der Waals surface area contributed by atoms with E-state index in [0.717, 1.165) is 58.5 Å². The van der Waals surface area contributed by atoms with Crippen molar-refractivity contribution in [3.8, 4) is 5.69 Å². The fraction of sp³-hybridized carbons (Fsp3) is 0.250. The molecule has 33 heavy (non-hydrogen) atoms. The normalized spacial score (nSPS) is 12.7. The second-order valence-corrected chi connectivity index (χ2v) is 8.74. The number of hydrogen-bond donors (Lipinski definition) is 0. The standard InChI is InChI=1S/C28H26N2O3/c1-17-11-13-20(14-12-17)30-18(2)15-23(19(30)3)26(31)16-33-28(32)27-21-7-4-5-9-24(21)29-25-10-6-8-22(25)27/h4-5,7,9,11-15H,6,8,10,16H2,1-3H3. The lowest BCUT2D eigenvalue weighted by Crippen LogP contribution is -2.17. The van der Waals surface area contributed by atoms with E-state index in [4.69, 9.17) is 9.72 Å². The van der Waals surface area contributed by atoms with Gasteiger partial charge in [0.2, 0.25) is 5.78 Å². The van der Waals surface area contributed by atoms with Crippen molar-refractivity contribution < 1.29 is 14.3 Å².